The fourth-order valence-electron chi connectivity index (χ4n) is 1.32. The van der Waals surface area contributed by atoms with Crippen molar-refractivity contribution in [1.29, 1.82) is 0 Å². The molecule has 7 heteroatoms. The lowest BCUT2D eigenvalue weighted by Crippen LogP contribution is -2.46. The number of aliphatic hydroxyl groups excluding tert-OH is 1. The van der Waals surface area contributed by atoms with Crippen LogP contribution in [0, 0.1) is 0 Å². The molecule has 0 saturated heterocycles. The zero-order valence-corrected chi connectivity index (χ0v) is 10.4. The Kier molecular flexibility index (Phi) is 7.24. The third-order valence-electron chi connectivity index (χ3n) is 2.03. The van der Waals surface area contributed by atoms with E-state index in [-0.39, 0.29) is 26.2 Å². The first-order chi connectivity index (χ1) is 7.88. The number of carbonyl (C=O) groups is 2. The molecule has 0 aliphatic rings. The highest BCUT2D eigenvalue weighted by molar-refractivity contribution is 5.80. The number of amides is 2. The fourth-order valence-corrected chi connectivity index (χ4v) is 1.32. The first-order valence-electron chi connectivity index (χ1n) is 5.27. The minimum absolute atomic E-state index is 0.155. The summed E-state index contributed by atoms with van der Waals surface area (Å²) in [4.78, 5) is 24.9. The maximum absolute atomic E-state index is 11.8. The summed E-state index contributed by atoms with van der Waals surface area (Å²) in [6, 6.07) is -0.439. The van der Waals surface area contributed by atoms with E-state index in [0.29, 0.717) is 0 Å². The van der Waals surface area contributed by atoms with Crippen molar-refractivity contribution in [2.45, 2.75) is 13.0 Å². The van der Waals surface area contributed by atoms with Crippen LogP contribution in [0.4, 0.5) is 4.79 Å². The smallest absolute Gasteiger partial charge is 0.323 e. The van der Waals surface area contributed by atoms with Crippen LogP contribution in [0.2, 0.25) is 0 Å². The van der Waals surface area contributed by atoms with Gasteiger partial charge in [0.25, 0.3) is 0 Å². The molecule has 0 rings (SSSR count). The summed E-state index contributed by atoms with van der Waals surface area (Å²) in [5.74, 6) is -1.08. The number of carbonyl (C=O) groups excluding carboxylic acids is 1. The second kappa shape index (κ2) is 7.86. The third kappa shape index (κ3) is 6.75. The van der Waals surface area contributed by atoms with Gasteiger partial charge < -0.3 is 24.7 Å². The lowest BCUT2D eigenvalue weighted by Gasteiger charge is -2.27. The zero-order chi connectivity index (χ0) is 13.4. The van der Waals surface area contributed by atoms with Gasteiger partial charge in [-0.3, -0.25) is 4.79 Å². The monoisotopic (exact) mass is 248 g/mol. The first kappa shape index (κ1) is 15.7. The molecule has 17 heavy (non-hydrogen) atoms. The highest BCUT2D eigenvalue weighted by Gasteiger charge is 2.20. The molecule has 2 N–H and O–H groups in total. The van der Waals surface area contributed by atoms with E-state index in [1.54, 1.807) is 6.92 Å². The second-order valence-electron chi connectivity index (χ2n) is 3.82. The highest BCUT2D eigenvalue weighted by Crippen LogP contribution is 1.99. The van der Waals surface area contributed by atoms with Crippen LogP contribution in [0.25, 0.3) is 0 Å². The van der Waals surface area contributed by atoms with Crippen LogP contribution in [0.15, 0.2) is 0 Å². The molecule has 1 atom stereocenters. The first-order valence-corrected chi connectivity index (χ1v) is 5.27. The molecule has 0 heterocycles. The van der Waals surface area contributed by atoms with Gasteiger partial charge in [0, 0.05) is 27.2 Å². The summed E-state index contributed by atoms with van der Waals surface area (Å²) in [7, 11) is 2.99. The third-order valence-corrected chi connectivity index (χ3v) is 2.03. The van der Waals surface area contributed by atoms with Crippen LogP contribution in [0.3, 0.4) is 0 Å². The average Bonchev–Trinajstić information content (AvgIpc) is 2.21. The van der Waals surface area contributed by atoms with Gasteiger partial charge in [0.05, 0.1) is 12.7 Å². The number of methoxy groups -OCH3 is 1. The lowest BCUT2D eigenvalue weighted by molar-refractivity contribution is -0.137. The Hall–Kier alpha value is -1.34. The van der Waals surface area contributed by atoms with Gasteiger partial charge in [-0.25, -0.2) is 4.79 Å². The molecule has 0 spiro atoms. The molecule has 7 nitrogen and oxygen atoms in total. The van der Waals surface area contributed by atoms with Crippen LogP contribution in [0.1, 0.15) is 6.92 Å². The van der Waals surface area contributed by atoms with Crippen molar-refractivity contribution in [1.82, 2.24) is 9.80 Å². The normalized spacial score (nSPS) is 12.0. The van der Waals surface area contributed by atoms with Crippen LogP contribution >= 0.6 is 0 Å². The molecule has 0 radical (unpaired) electrons. The van der Waals surface area contributed by atoms with Gasteiger partial charge in [0.2, 0.25) is 0 Å². The Bertz CT molecular complexity index is 257. The molecule has 0 saturated carbocycles. The van der Waals surface area contributed by atoms with Crippen LogP contribution in [-0.4, -0.2) is 78.5 Å². The topological polar surface area (TPSA) is 90.3 Å². The minimum atomic E-state index is -1.08. The van der Waals surface area contributed by atoms with Gasteiger partial charge in [-0.15, -0.1) is 0 Å². The summed E-state index contributed by atoms with van der Waals surface area (Å²) in [6.45, 7) is 1.79. The van der Waals surface area contributed by atoms with Crippen LogP contribution in [0.5, 0.6) is 0 Å². The number of aliphatic carboxylic acids is 1. The summed E-state index contributed by atoms with van der Waals surface area (Å²) in [6.07, 6.45) is -0.655. The van der Waals surface area contributed by atoms with Crippen molar-refractivity contribution >= 4 is 12.0 Å². The van der Waals surface area contributed by atoms with Gasteiger partial charge in [-0.05, 0) is 6.92 Å². The Morgan fingerprint density at radius 3 is 2.41 bits per heavy atom. The van der Waals surface area contributed by atoms with E-state index in [2.05, 4.69) is 0 Å². The summed E-state index contributed by atoms with van der Waals surface area (Å²) in [5, 5.41) is 17.9. The Labute approximate surface area is 101 Å². The Balaban J connectivity index is 4.44. The van der Waals surface area contributed by atoms with Gasteiger partial charge >= 0.3 is 12.0 Å². The Morgan fingerprint density at radius 2 is 2.00 bits per heavy atom. The number of rotatable bonds is 7. The molecule has 0 aliphatic heterocycles. The van der Waals surface area contributed by atoms with Crippen LogP contribution in [-0.2, 0) is 9.53 Å². The van der Waals surface area contributed by atoms with E-state index in [1.165, 1.54) is 19.1 Å². The predicted octanol–water partition coefficient (Wildman–Crippen LogP) is -0.548. The number of hydrogen-bond acceptors (Lipinski definition) is 4. The number of carboxylic acids is 1. The average molecular weight is 248 g/mol. The molecule has 1 unspecified atom stereocenters. The van der Waals surface area contributed by atoms with E-state index in [0.717, 1.165) is 4.90 Å². The van der Waals surface area contributed by atoms with Crippen LogP contribution < -0.4 is 0 Å². The quantitative estimate of drug-likeness (QED) is 0.631. The van der Waals surface area contributed by atoms with Gasteiger partial charge in [0.15, 0.2) is 0 Å². The summed E-state index contributed by atoms with van der Waals surface area (Å²) in [5.41, 5.74) is 0. The second-order valence-corrected chi connectivity index (χ2v) is 3.82. The number of hydrogen-bond donors (Lipinski definition) is 2. The number of aliphatic hydroxyl groups is 1. The van der Waals surface area contributed by atoms with Crippen molar-refractivity contribution in [3.05, 3.63) is 0 Å². The van der Waals surface area contributed by atoms with Gasteiger partial charge in [0.1, 0.15) is 6.54 Å². The Morgan fingerprint density at radius 1 is 1.41 bits per heavy atom. The molecule has 0 bridgehead atoms. The molecule has 0 fully saturated rings. The SMILES string of the molecule is COCCN(CC(=O)O)C(=O)N(C)CC(C)O. The number of urea groups is 1. The summed E-state index contributed by atoms with van der Waals surface area (Å²) >= 11 is 0. The lowest BCUT2D eigenvalue weighted by atomic mass is 10.4. The number of ether oxygens (including phenoxy) is 1. The molecule has 0 aromatic carbocycles. The van der Waals surface area contributed by atoms with Gasteiger partial charge in [-0.1, -0.05) is 0 Å². The highest BCUT2D eigenvalue weighted by atomic mass is 16.5. The minimum Gasteiger partial charge on any atom is -0.480 e. The van der Waals surface area contributed by atoms with Gasteiger partial charge in [-0.2, -0.15) is 0 Å². The number of carboxylic acid groups (broad SMARTS) is 1. The summed E-state index contributed by atoms with van der Waals surface area (Å²) < 4.78 is 4.81. The maximum atomic E-state index is 11.8. The zero-order valence-electron chi connectivity index (χ0n) is 10.4. The molecule has 2 amide bonds. The molecular formula is C10H20N2O5. The van der Waals surface area contributed by atoms with E-state index >= 15 is 0 Å². The van der Waals surface area contributed by atoms with Crippen molar-refractivity contribution in [3.8, 4) is 0 Å². The van der Waals surface area contributed by atoms with Crippen molar-refractivity contribution < 1.29 is 24.5 Å². The number of nitrogens with zero attached hydrogens (tertiary/aromatic N) is 2. The standard InChI is InChI=1S/C10H20N2O5/c1-8(13)6-11(2)10(16)12(4-5-17-3)7-9(14)15/h8,13H,4-7H2,1-3H3,(H,14,15). The fraction of sp³-hybridized carbons (Fsp3) is 0.800. The maximum Gasteiger partial charge on any atom is 0.323 e. The van der Waals surface area contributed by atoms with Crippen molar-refractivity contribution in [3.63, 3.8) is 0 Å². The van der Waals surface area contributed by atoms with Crippen molar-refractivity contribution in [2.75, 3.05) is 40.4 Å². The largest absolute Gasteiger partial charge is 0.480 e. The van der Waals surface area contributed by atoms with E-state index < -0.39 is 18.1 Å². The molecule has 0 aromatic heterocycles. The molecule has 100 valence electrons. The predicted molar refractivity (Wildman–Crippen MR) is 60.8 cm³/mol. The molecule has 0 aliphatic carbocycles. The van der Waals surface area contributed by atoms with E-state index in [9.17, 15) is 9.59 Å². The van der Waals surface area contributed by atoms with E-state index in [1.807, 2.05) is 0 Å². The molecular weight excluding hydrogens is 228 g/mol. The molecule has 0 aromatic rings. The van der Waals surface area contributed by atoms with E-state index in [4.69, 9.17) is 14.9 Å². The van der Waals surface area contributed by atoms with Crippen molar-refractivity contribution in [2.24, 2.45) is 0 Å². The number of likely N-dealkylation sites (N-methyl/N-ethyl adjacent to an activating group) is 1.